The molecule has 0 spiro atoms. The van der Waals surface area contributed by atoms with Crippen LogP contribution in [0, 0.1) is 125 Å². The summed E-state index contributed by atoms with van der Waals surface area (Å²) in [4.78, 5) is 52.2. The number of halogens is 9. The molecule has 0 aliphatic rings. The molecule has 7 rings (SSSR count). The quantitative estimate of drug-likeness (QED) is 0.0177. The average molecular weight is 1250 g/mol. The molecule has 7 aromatic rings. The summed E-state index contributed by atoms with van der Waals surface area (Å²) in [7, 11) is 0. The molecule has 3 aromatic heterocycles. The molecule has 0 aliphatic carbocycles. The third-order valence-corrected chi connectivity index (χ3v) is 10.1. The maximum Gasteiger partial charge on any atom is 0.371 e. The maximum atomic E-state index is 13.5. The van der Waals surface area contributed by atoms with E-state index in [4.69, 9.17) is 78.7 Å². The number of hydrogen-bond donors (Lipinski definition) is 7. The van der Waals surface area contributed by atoms with Crippen molar-refractivity contribution in [2.45, 2.75) is 43.3 Å². The second kappa shape index (κ2) is 36.3. The minimum absolute atomic E-state index is 0.130. The summed E-state index contributed by atoms with van der Waals surface area (Å²) < 4.78 is 105. The van der Waals surface area contributed by atoms with Gasteiger partial charge in [-0.2, -0.15) is 63.1 Å². The number of allylic oxidation sites excluding steroid dienone is 3. The number of nitrogens with one attached hydrogen (secondary N) is 2. The number of nitrogens with zero attached hydrogens (tertiary/aromatic N) is 8. The van der Waals surface area contributed by atoms with Crippen LogP contribution in [0.2, 0.25) is 5.15 Å². The van der Waals surface area contributed by atoms with Crippen LogP contribution in [0.1, 0.15) is 53.2 Å². The van der Waals surface area contributed by atoms with Crippen molar-refractivity contribution in [3.05, 3.63) is 208 Å². The van der Waals surface area contributed by atoms with Crippen molar-refractivity contribution in [2.75, 3.05) is 11.5 Å². The minimum Gasteiger partial charge on any atom is -0.477 e. The molecule has 0 fully saturated rings. The lowest BCUT2D eigenvalue weighted by atomic mass is 10.1. The Kier molecular flexibility index (Phi) is 31.2. The van der Waals surface area contributed by atoms with Crippen LogP contribution in [0.25, 0.3) is 33.1 Å². The van der Waals surface area contributed by atoms with Crippen LogP contribution in [-0.4, -0.2) is 62.9 Å². The van der Waals surface area contributed by atoms with Gasteiger partial charge in [0.15, 0.2) is 22.2 Å². The smallest absolute Gasteiger partial charge is 0.371 e. The van der Waals surface area contributed by atoms with E-state index < -0.39 is 68.8 Å². The summed E-state index contributed by atoms with van der Waals surface area (Å²) in [5, 5.41) is 58.5. The van der Waals surface area contributed by atoms with E-state index in [0.29, 0.717) is 57.3 Å². The van der Waals surface area contributed by atoms with Crippen LogP contribution in [-0.2, 0) is 22.6 Å². The summed E-state index contributed by atoms with van der Waals surface area (Å²) in [6.45, 7) is 18.0. The molecule has 0 saturated heterocycles. The standard InChI is InChI=1S/C12H6ClF2N3.2C12H7F2N3O.C7H7N3.C5H6F2O4.C5H4.C5H3.C5H2/c1-2-12(14,15)10-11(13)18-9-5-7(6-16)3-4-8(9)17-10;1-2-12(13,14)10-11(18)17-8-4-3-7(6-15)5-9(8)16-10;1-2-12(13,14)10-11(18)17-9-5-7(6-15)3-4-8(9)16-10;8-4-5-1-2-6(9)7(10)3-5;1-2-4(6,7)5(10,11)3(8)9;3*1-3-5-4-2/h2-5H,1H2;2*2-5H,1H2,(H,17,18);1-3H,9-10H2;2,10-11H,1H2,(H,8,9);1H,2H3;1H3;1H2/q;;;;;;-1;-2. The fraction of sp³-hybridized carbons (Fsp3) is 0.111. The van der Waals surface area contributed by atoms with Crippen molar-refractivity contribution in [3.8, 4) is 84.0 Å². The molecule has 9 N–H and O–H groups in total. The lowest BCUT2D eigenvalue weighted by Crippen LogP contribution is -2.53. The van der Waals surface area contributed by atoms with Gasteiger partial charge in [0, 0.05) is 0 Å². The molecule has 4 aromatic carbocycles. The zero-order valence-corrected chi connectivity index (χ0v) is 47.3. The summed E-state index contributed by atoms with van der Waals surface area (Å²) in [6, 6.07) is 25.2. The fourth-order valence-corrected chi connectivity index (χ4v) is 5.73. The number of alkyl halides is 8. The predicted octanol–water partition coefficient (Wildman–Crippen LogP) is 9.53. The normalized spacial score (nSPS) is 9.76. The number of terminal acetylenes is 1. The monoisotopic (exact) mass is 1250 g/mol. The van der Waals surface area contributed by atoms with Crippen molar-refractivity contribution in [3.63, 3.8) is 0 Å². The molecule has 3 heterocycles. The molecule has 0 unspecified atom stereocenters. The molecule has 90 heavy (non-hydrogen) atoms. The molecule has 0 amide bonds. The third kappa shape index (κ3) is 23.1. The van der Waals surface area contributed by atoms with Gasteiger partial charge in [-0.05, 0) is 123 Å². The van der Waals surface area contributed by atoms with E-state index >= 15 is 0 Å². The van der Waals surface area contributed by atoms with Crippen LogP contribution in [0.3, 0.4) is 0 Å². The number of rotatable bonds is 9. The van der Waals surface area contributed by atoms with Gasteiger partial charge >= 0.3 is 35.4 Å². The van der Waals surface area contributed by atoms with Crippen LogP contribution in [0.5, 0.6) is 0 Å². The van der Waals surface area contributed by atoms with Crippen LogP contribution in [0.4, 0.5) is 46.5 Å². The topological polar surface area (TPSA) is 342 Å². The first-order valence-electron chi connectivity index (χ1n) is 23.6. The summed E-state index contributed by atoms with van der Waals surface area (Å²) >= 11 is 5.68. The fourth-order valence-electron chi connectivity index (χ4n) is 5.47. The number of aliphatic hydroxyl groups is 2. The molecule has 0 aliphatic heterocycles. The van der Waals surface area contributed by atoms with E-state index in [2.05, 4.69) is 105 Å². The highest BCUT2D eigenvalue weighted by molar-refractivity contribution is 6.30. The number of H-pyrrole nitrogens is 2. The van der Waals surface area contributed by atoms with Crippen molar-refractivity contribution >= 4 is 62.0 Å². The first-order chi connectivity index (χ1) is 42.2. The Balaban J connectivity index is 0.00000105. The Morgan fingerprint density at radius 2 is 1.01 bits per heavy atom. The molecule has 27 heteroatoms. The molecule has 0 saturated carbocycles. The molecular weight excluding hydrogens is 1210 g/mol. The van der Waals surface area contributed by atoms with E-state index in [1.165, 1.54) is 54.6 Å². The largest absolute Gasteiger partial charge is 0.477 e. The first-order valence-corrected chi connectivity index (χ1v) is 24.0. The second-order valence-electron chi connectivity index (χ2n) is 15.9. The Bertz CT molecular complexity index is 4390. The average Bonchev–Trinajstić information content (AvgIpc) is 3.58. The summed E-state index contributed by atoms with van der Waals surface area (Å²) in [5.74, 6) is -1.16. The summed E-state index contributed by atoms with van der Waals surface area (Å²) in [6.07, 6.45) is 18.1. The highest BCUT2D eigenvalue weighted by Gasteiger charge is 2.56. The zero-order valence-electron chi connectivity index (χ0n) is 46.6. The van der Waals surface area contributed by atoms with Gasteiger partial charge in [0.25, 0.3) is 11.1 Å². The van der Waals surface area contributed by atoms with Crippen molar-refractivity contribution in [2.24, 2.45) is 0 Å². The lowest BCUT2D eigenvalue weighted by Gasteiger charge is -2.23. The number of anilines is 2. The van der Waals surface area contributed by atoms with E-state index in [9.17, 15) is 49.5 Å². The molecule has 456 valence electrons. The minimum atomic E-state index is -4.27. The number of carbonyl (C=O) groups is 1. The number of hydrogen-bond acceptors (Lipinski definition) is 15. The lowest BCUT2D eigenvalue weighted by molar-refractivity contribution is -0.271. The van der Waals surface area contributed by atoms with Crippen molar-refractivity contribution in [1.29, 1.82) is 21.0 Å². The van der Waals surface area contributed by atoms with Crippen LogP contribution < -0.4 is 22.6 Å². The maximum absolute atomic E-state index is 13.5. The molecule has 0 atom stereocenters. The number of aromatic amines is 2. The Morgan fingerprint density at radius 1 is 0.600 bits per heavy atom. The van der Waals surface area contributed by atoms with Crippen LogP contribution >= 0.6 is 11.6 Å². The number of fused-ring (bicyclic) bond motifs is 3. The Hall–Kier alpha value is -12.6. The first kappa shape index (κ1) is 77.4. The molecular formula is C63H42ClF8N12O6-3. The van der Waals surface area contributed by atoms with Gasteiger partial charge < -0.3 is 49.6 Å². The van der Waals surface area contributed by atoms with E-state index in [0.717, 1.165) is 0 Å². The predicted molar refractivity (Wildman–Crippen MR) is 319 cm³/mol. The van der Waals surface area contributed by atoms with Gasteiger partial charge in [0.05, 0.1) is 91.0 Å². The van der Waals surface area contributed by atoms with E-state index in [1.54, 1.807) is 32.0 Å². The van der Waals surface area contributed by atoms with Gasteiger partial charge in [-0.25, -0.2) is 30.7 Å². The van der Waals surface area contributed by atoms with Gasteiger partial charge in [0.1, 0.15) is 0 Å². The molecule has 0 radical (unpaired) electrons. The van der Waals surface area contributed by atoms with Crippen molar-refractivity contribution in [1.82, 2.24) is 29.9 Å². The van der Waals surface area contributed by atoms with E-state index in [1.807, 2.05) is 36.1 Å². The summed E-state index contributed by atoms with van der Waals surface area (Å²) in [5.41, 5.74) is 10.2. The molecule has 18 nitrogen and oxygen atoms in total. The third-order valence-electron chi connectivity index (χ3n) is 9.88. The number of carboxylic acid groups (broad SMARTS) is 1. The number of nitrogen functional groups attached to an aromatic ring is 2. The number of nitriles is 4. The van der Waals surface area contributed by atoms with Gasteiger partial charge in [-0.15, -0.1) is 6.42 Å². The number of aliphatic carboxylic acids is 1. The van der Waals surface area contributed by atoms with Gasteiger partial charge in [0.2, 0.25) is 0 Å². The Morgan fingerprint density at radius 3 is 1.39 bits per heavy atom. The van der Waals surface area contributed by atoms with Gasteiger partial charge in [-0.3, -0.25) is 39.2 Å². The number of benzene rings is 4. The zero-order chi connectivity index (χ0) is 69.2. The Labute approximate surface area is 513 Å². The van der Waals surface area contributed by atoms with Crippen LogP contribution in [0.15, 0.2) is 133 Å². The SMILES string of the molecule is C#CC#CC.C=CC(F)(F)C(O)(O)C(=O)O.C=CC(F)(F)c1nc2cc(C#N)ccc2[nH]c1=O.C=CC(F)(F)c1nc2ccc(C#N)cc2[nH]c1=O.C=CC(F)(F)c1nc2ccc(C#N)cc2nc1Cl.N#Cc1ccc(N)c(N)c1.[C-]#CC#CC.[C-]#CC#C[CH2-]. The number of aromatic nitrogens is 6. The molecule has 0 bridgehead atoms. The highest BCUT2D eigenvalue weighted by Crippen LogP contribution is 2.33. The second-order valence-corrected chi connectivity index (χ2v) is 16.2. The number of nitrogens with two attached hydrogens (primary N) is 2. The van der Waals surface area contributed by atoms with Crippen molar-refractivity contribution < 1.29 is 55.2 Å². The highest BCUT2D eigenvalue weighted by atomic mass is 35.5. The van der Waals surface area contributed by atoms with Gasteiger partial charge in [-0.1, -0.05) is 43.8 Å². The van der Waals surface area contributed by atoms with E-state index in [-0.39, 0.29) is 33.7 Å². The number of carboxylic acids is 1.